The smallest absolute Gasteiger partial charge is 0.220 e. The number of para-hydroxylation sites is 1. The highest BCUT2D eigenvalue weighted by Gasteiger charge is 2.21. The quantitative estimate of drug-likeness (QED) is 0.496. The molecule has 0 spiro atoms. The van der Waals surface area contributed by atoms with E-state index in [2.05, 4.69) is 29.4 Å². The van der Waals surface area contributed by atoms with E-state index in [1.165, 1.54) is 0 Å². The maximum Gasteiger partial charge on any atom is 0.220 e. The third-order valence-electron chi connectivity index (χ3n) is 4.76. The Bertz CT molecular complexity index is 854. The molecule has 2 aromatic carbocycles. The highest BCUT2D eigenvalue weighted by Crippen LogP contribution is 2.33. The Morgan fingerprint density at radius 1 is 1.12 bits per heavy atom. The first-order chi connectivity index (χ1) is 12.7. The number of H-pyrrole nitrogens is 1. The number of nitrogens with one attached hydrogen (secondary N) is 2. The molecule has 3 nitrogen and oxygen atoms in total. The Kier molecular flexibility index (Phi) is 6.35. The number of hydrogen-bond donors (Lipinski definition) is 2. The average molecular weight is 369 g/mol. The number of aromatic nitrogens is 1. The van der Waals surface area contributed by atoms with Crippen LogP contribution in [0, 0.1) is 0 Å². The minimum Gasteiger partial charge on any atom is -0.361 e. The molecule has 26 heavy (non-hydrogen) atoms. The topological polar surface area (TPSA) is 44.9 Å². The highest BCUT2D eigenvalue weighted by molar-refractivity contribution is 6.30. The maximum absolute atomic E-state index is 12.5. The fourth-order valence-electron chi connectivity index (χ4n) is 3.35. The van der Waals surface area contributed by atoms with Crippen LogP contribution in [0.15, 0.2) is 54.7 Å². The van der Waals surface area contributed by atoms with Crippen LogP contribution in [0.5, 0.6) is 0 Å². The van der Waals surface area contributed by atoms with E-state index in [1.54, 1.807) is 0 Å². The summed E-state index contributed by atoms with van der Waals surface area (Å²) in [5.74, 6) is 0.0842. The van der Waals surface area contributed by atoms with Gasteiger partial charge in [-0.2, -0.15) is 0 Å². The predicted molar refractivity (Wildman–Crippen MR) is 109 cm³/mol. The minimum absolute atomic E-state index is 0.00501. The molecule has 3 aromatic rings. The molecule has 0 fully saturated rings. The van der Waals surface area contributed by atoms with Crippen molar-refractivity contribution < 1.29 is 4.79 Å². The summed E-state index contributed by atoms with van der Waals surface area (Å²) in [5, 5.41) is 4.93. The van der Waals surface area contributed by atoms with E-state index in [1.807, 2.05) is 42.6 Å². The van der Waals surface area contributed by atoms with Gasteiger partial charge in [0.1, 0.15) is 0 Å². The van der Waals surface area contributed by atoms with Crippen LogP contribution < -0.4 is 5.32 Å². The van der Waals surface area contributed by atoms with Crippen LogP contribution in [0.1, 0.15) is 49.7 Å². The molecule has 1 amide bonds. The second kappa shape index (κ2) is 8.91. The average Bonchev–Trinajstić information content (AvgIpc) is 3.08. The number of fused-ring (bicyclic) bond motifs is 1. The van der Waals surface area contributed by atoms with Crippen molar-refractivity contribution in [3.05, 3.63) is 70.9 Å². The van der Waals surface area contributed by atoms with Crippen LogP contribution in [-0.2, 0) is 4.79 Å². The first kappa shape index (κ1) is 18.5. The zero-order valence-electron chi connectivity index (χ0n) is 15.1. The Balaban J connectivity index is 1.85. The van der Waals surface area contributed by atoms with E-state index < -0.39 is 0 Å². The number of unbranched alkanes of at least 4 members (excludes halogenated alkanes) is 2. The van der Waals surface area contributed by atoms with Gasteiger partial charge in [-0.15, -0.1) is 0 Å². The van der Waals surface area contributed by atoms with Crippen molar-refractivity contribution in [2.75, 3.05) is 6.54 Å². The van der Waals surface area contributed by atoms with Crippen LogP contribution in [0.25, 0.3) is 10.9 Å². The van der Waals surface area contributed by atoms with Crippen LogP contribution in [0.3, 0.4) is 0 Å². The molecule has 4 heteroatoms. The summed E-state index contributed by atoms with van der Waals surface area (Å²) >= 11 is 6.05. The van der Waals surface area contributed by atoms with E-state index in [-0.39, 0.29) is 11.8 Å². The van der Waals surface area contributed by atoms with Crippen molar-refractivity contribution in [2.45, 2.75) is 38.5 Å². The van der Waals surface area contributed by atoms with E-state index in [0.29, 0.717) is 11.4 Å². The largest absolute Gasteiger partial charge is 0.361 e. The predicted octanol–water partition coefficient (Wildman–Crippen LogP) is 5.65. The molecule has 0 radical (unpaired) electrons. The fourth-order valence-corrected chi connectivity index (χ4v) is 3.47. The molecular weight excluding hydrogens is 344 g/mol. The van der Waals surface area contributed by atoms with Gasteiger partial charge in [0.15, 0.2) is 0 Å². The van der Waals surface area contributed by atoms with Gasteiger partial charge in [0.25, 0.3) is 0 Å². The summed E-state index contributed by atoms with van der Waals surface area (Å²) in [6, 6.07) is 16.0. The zero-order valence-corrected chi connectivity index (χ0v) is 15.9. The monoisotopic (exact) mass is 368 g/mol. The lowest BCUT2D eigenvalue weighted by molar-refractivity contribution is -0.121. The van der Waals surface area contributed by atoms with Crippen molar-refractivity contribution in [3.63, 3.8) is 0 Å². The maximum atomic E-state index is 12.5. The number of benzene rings is 2. The Morgan fingerprint density at radius 3 is 2.65 bits per heavy atom. The number of carbonyl (C=O) groups is 1. The minimum atomic E-state index is -0.00501. The molecule has 1 atom stereocenters. The molecule has 0 saturated heterocycles. The van der Waals surface area contributed by atoms with E-state index in [9.17, 15) is 4.79 Å². The Morgan fingerprint density at radius 2 is 1.88 bits per heavy atom. The third kappa shape index (κ3) is 4.47. The third-order valence-corrected chi connectivity index (χ3v) is 5.01. The van der Waals surface area contributed by atoms with Gasteiger partial charge in [0.05, 0.1) is 0 Å². The molecular formula is C22H25ClN2O. The summed E-state index contributed by atoms with van der Waals surface area (Å²) in [6.45, 7) is 2.91. The molecule has 3 rings (SSSR count). The van der Waals surface area contributed by atoms with Crippen molar-refractivity contribution in [1.29, 1.82) is 0 Å². The number of rotatable bonds is 8. The lowest BCUT2D eigenvalue weighted by atomic mass is 9.88. The molecule has 0 aliphatic rings. The van der Waals surface area contributed by atoms with E-state index in [0.717, 1.165) is 47.8 Å². The summed E-state index contributed by atoms with van der Waals surface area (Å²) in [4.78, 5) is 15.9. The van der Waals surface area contributed by atoms with Gasteiger partial charge in [0, 0.05) is 41.0 Å². The van der Waals surface area contributed by atoms with Crippen LogP contribution in [0.2, 0.25) is 5.02 Å². The number of halogens is 1. The lowest BCUT2D eigenvalue weighted by Crippen LogP contribution is -2.26. The van der Waals surface area contributed by atoms with Gasteiger partial charge in [-0.3, -0.25) is 4.79 Å². The SMILES string of the molecule is CCCCCNC(=O)C[C@H](c1ccc(Cl)cc1)c1c[nH]c2ccccc12. The Labute approximate surface area is 159 Å². The van der Waals surface area contributed by atoms with Crippen molar-refractivity contribution >= 4 is 28.4 Å². The molecule has 2 N–H and O–H groups in total. The number of hydrogen-bond acceptors (Lipinski definition) is 1. The van der Waals surface area contributed by atoms with Gasteiger partial charge < -0.3 is 10.3 Å². The molecule has 0 saturated carbocycles. The Hall–Kier alpha value is -2.26. The number of aromatic amines is 1. The van der Waals surface area contributed by atoms with Crippen LogP contribution in [0.4, 0.5) is 0 Å². The second-order valence-electron chi connectivity index (χ2n) is 6.65. The number of carbonyl (C=O) groups excluding carboxylic acids is 1. The molecule has 1 aromatic heterocycles. The van der Waals surface area contributed by atoms with Crippen LogP contribution in [-0.4, -0.2) is 17.4 Å². The molecule has 136 valence electrons. The van der Waals surface area contributed by atoms with Crippen molar-refractivity contribution in [3.8, 4) is 0 Å². The van der Waals surface area contributed by atoms with Gasteiger partial charge in [0.2, 0.25) is 5.91 Å². The first-order valence-electron chi connectivity index (χ1n) is 9.27. The summed E-state index contributed by atoms with van der Waals surface area (Å²) < 4.78 is 0. The van der Waals surface area contributed by atoms with E-state index >= 15 is 0 Å². The summed E-state index contributed by atoms with van der Waals surface area (Å²) in [7, 11) is 0. The second-order valence-corrected chi connectivity index (χ2v) is 7.09. The highest BCUT2D eigenvalue weighted by atomic mass is 35.5. The standard InChI is InChI=1S/C22H25ClN2O/c1-2-3-6-13-24-22(26)14-19(16-9-11-17(23)12-10-16)20-15-25-21-8-5-4-7-18(20)21/h4-5,7-12,15,19,25H,2-3,6,13-14H2,1H3,(H,24,26)/t19-/m1/s1. The molecule has 0 aliphatic carbocycles. The molecule has 0 unspecified atom stereocenters. The lowest BCUT2D eigenvalue weighted by Gasteiger charge is -2.17. The van der Waals surface area contributed by atoms with Gasteiger partial charge >= 0.3 is 0 Å². The fraction of sp³-hybridized carbons (Fsp3) is 0.318. The molecule has 0 bridgehead atoms. The van der Waals surface area contributed by atoms with Crippen molar-refractivity contribution in [1.82, 2.24) is 10.3 Å². The van der Waals surface area contributed by atoms with E-state index in [4.69, 9.17) is 11.6 Å². The van der Waals surface area contributed by atoms with Crippen molar-refractivity contribution in [2.24, 2.45) is 0 Å². The van der Waals surface area contributed by atoms with Gasteiger partial charge in [-0.25, -0.2) is 0 Å². The normalized spacial score (nSPS) is 12.2. The van der Waals surface area contributed by atoms with Gasteiger partial charge in [-0.1, -0.05) is 61.7 Å². The van der Waals surface area contributed by atoms with Crippen LogP contribution >= 0.6 is 11.6 Å². The summed E-state index contributed by atoms with van der Waals surface area (Å²) in [5.41, 5.74) is 3.33. The molecule has 0 aliphatic heterocycles. The zero-order chi connectivity index (χ0) is 18.4. The molecule has 1 heterocycles. The number of amides is 1. The first-order valence-corrected chi connectivity index (χ1v) is 9.65. The summed E-state index contributed by atoms with van der Waals surface area (Å²) in [6.07, 6.45) is 5.77. The van der Waals surface area contributed by atoms with Gasteiger partial charge in [-0.05, 0) is 35.7 Å².